The van der Waals surface area contributed by atoms with E-state index >= 15 is 0 Å². The number of carbonyl (C=O) groups is 1. The summed E-state index contributed by atoms with van der Waals surface area (Å²) in [5, 5.41) is 2.93. The molecule has 0 fully saturated rings. The first-order valence-corrected chi connectivity index (χ1v) is 7.85. The van der Waals surface area contributed by atoms with Crippen molar-refractivity contribution in [3.63, 3.8) is 0 Å². The van der Waals surface area contributed by atoms with Crippen LogP contribution in [0.3, 0.4) is 0 Å². The minimum atomic E-state index is 0.0650. The summed E-state index contributed by atoms with van der Waals surface area (Å²) >= 11 is 0. The van der Waals surface area contributed by atoms with E-state index in [1.165, 1.54) is 5.56 Å². The lowest BCUT2D eigenvalue weighted by Gasteiger charge is -2.07. The highest BCUT2D eigenvalue weighted by atomic mass is 16.5. The Labute approximate surface area is 137 Å². The van der Waals surface area contributed by atoms with Crippen LogP contribution in [0.1, 0.15) is 18.4 Å². The number of hydrogen-bond donors (Lipinski definition) is 1. The molecule has 0 heterocycles. The predicted octanol–water partition coefficient (Wildman–Crippen LogP) is 3.21. The first-order chi connectivity index (χ1) is 11.3. The van der Waals surface area contributed by atoms with Gasteiger partial charge in [-0.25, -0.2) is 0 Å². The SMILES string of the molecule is COc1ccc(CCNC(=O)CCCOc2ccccc2)cc1. The summed E-state index contributed by atoms with van der Waals surface area (Å²) in [5.74, 6) is 1.75. The maximum atomic E-state index is 11.8. The Morgan fingerprint density at radius 2 is 1.74 bits per heavy atom. The molecule has 122 valence electrons. The van der Waals surface area contributed by atoms with E-state index in [1.54, 1.807) is 7.11 Å². The lowest BCUT2D eigenvalue weighted by molar-refractivity contribution is -0.121. The molecule has 2 aromatic carbocycles. The van der Waals surface area contributed by atoms with Crippen molar-refractivity contribution in [1.29, 1.82) is 0 Å². The van der Waals surface area contributed by atoms with E-state index in [-0.39, 0.29) is 5.91 Å². The minimum absolute atomic E-state index is 0.0650. The number of rotatable bonds is 9. The van der Waals surface area contributed by atoms with Gasteiger partial charge in [0.2, 0.25) is 5.91 Å². The topological polar surface area (TPSA) is 47.6 Å². The van der Waals surface area contributed by atoms with Crippen molar-refractivity contribution in [2.45, 2.75) is 19.3 Å². The standard InChI is InChI=1S/C19H23NO3/c1-22-17-11-9-16(10-12-17)13-14-20-19(21)8-5-15-23-18-6-3-2-4-7-18/h2-4,6-7,9-12H,5,8,13-15H2,1H3,(H,20,21). The number of amides is 1. The van der Waals surface area contributed by atoms with Crippen LogP contribution >= 0.6 is 0 Å². The van der Waals surface area contributed by atoms with E-state index < -0.39 is 0 Å². The molecule has 0 bridgehead atoms. The molecule has 0 aliphatic rings. The first-order valence-electron chi connectivity index (χ1n) is 7.85. The summed E-state index contributed by atoms with van der Waals surface area (Å²) in [6.45, 7) is 1.20. The van der Waals surface area contributed by atoms with Gasteiger partial charge in [-0.05, 0) is 42.7 Å². The number of methoxy groups -OCH3 is 1. The van der Waals surface area contributed by atoms with E-state index in [2.05, 4.69) is 5.32 Å². The molecule has 4 nitrogen and oxygen atoms in total. The summed E-state index contributed by atoms with van der Waals surface area (Å²) in [7, 11) is 1.65. The molecule has 0 unspecified atom stereocenters. The van der Waals surface area contributed by atoms with Gasteiger partial charge in [0.05, 0.1) is 13.7 Å². The van der Waals surface area contributed by atoms with E-state index in [1.807, 2.05) is 54.6 Å². The number of benzene rings is 2. The van der Waals surface area contributed by atoms with Gasteiger partial charge in [-0.1, -0.05) is 30.3 Å². The van der Waals surface area contributed by atoms with Gasteiger partial charge < -0.3 is 14.8 Å². The molecule has 0 radical (unpaired) electrons. The Balaban J connectivity index is 1.56. The van der Waals surface area contributed by atoms with Crippen molar-refractivity contribution < 1.29 is 14.3 Å². The van der Waals surface area contributed by atoms with Gasteiger partial charge in [-0.3, -0.25) is 4.79 Å². The number of para-hydroxylation sites is 1. The van der Waals surface area contributed by atoms with Crippen molar-refractivity contribution in [3.05, 3.63) is 60.2 Å². The second-order valence-corrected chi connectivity index (χ2v) is 5.21. The zero-order valence-electron chi connectivity index (χ0n) is 13.5. The molecule has 1 amide bonds. The highest BCUT2D eigenvalue weighted by Gasteiger charge is 2.02. The van der Waals surface area contributed by atoms with Crippen molar-refractivity contribution in [2.75, 3.05) is 20.3 Å². The van der Waals surface area contributed by atoms with Crippen LogP contribution in [0, 0.1) is 0 Å². The van der Waals surface area contributed by atoms with Crippen molar-refractivity contribution in [1.82, 2.24) is 5.32 Å². The second-order valence-electron chi connectivity index (χ2n) is 5.21. The molecule has 2 aromatic rings. The summed E-state index contributed by atoms with van der Waals surface area (Å²) < 4.78 is 10.7. The van der Waals surface area contributed by atoms with E-state index in [4.69, 9.17) is 9.47 Å². The lowest BCUT2D eigenvalue weighted by Crippen LogP contribution is -2.25. The molecule has 0 aromatic heterocycles. The summed E-state index contributed by atoms with van der Waals surface area (Å²) in [5.41, 5.74) is 1.18. The fourth-order valence-corrected chi connectivity index (χ4v) is 2.17. The van der Waals surface area contributed by atoms with E-state index in [0.717, 1.165) is 17.9 Å². The smallest absolute Gasteiger partial charge is 0.220 e. The molecule has 0 saturated heterocycles. The van der Waals surface area contributed by atoms with Gasteiger partial charge in [0.15, 0.2) is 0 Å². The minimum Gasteiger partial charge on any atom is -0.497 e. The van der Waals surface area contributed by atoms with Gasteiger partial charge >= 0.3 is 0 Å². The fourth-order valence-electron chi connectivity index (χ4n) is 2.17. The quantitative estimate of drug-likeness (QED) is 0.723. The number of hydrogen-bond acceptors (Lipinski definition) is 3. The van der Waals surface area contributed by atoms with Crippen molar-refractivity contribution >= 4 is 5.91 Å². The maximum Gasteiger partial charge on any atom is 0.220 e. The average molecular weight is 313 g/mol. The summed E-state index contributed by atoms with van der Waals surface area (Å²) in [6.07, 6.45) is 2.01. The van der Waals surface area contributed by atoms with E-state index in [0.29, 0.717) is 26.0 Å². The molecule has 0 atom stereocenters. The third-order valence-electron chi connectivity index (χ3n) is 3.46. The van der Waals surface area contributed by atoms with Gasteiger partial charge in [-0.2, -0.15) is 0 Å². The van der Waals surface area contributed by atoms with Gasteiger partial charge in [0.25, 0.3) is 0 Å². The molecule has 0 spiro atoms. The second kappa shape index (κ2) is 9.51. The van der Waals surface area contributed by atoms with Crippen LogP contribution in [0.4, 0.5) is 0 Å². The zero-order chi connectivity index (χ0) is 16.3. The van der Waals surface area contributed by atoms with Crippen LogP contribution in [-0.2, 0) is 11.2 Å². The Morgan fingerprint density at radius 1 is 1.00 bits per heavy atom. The zero-order valence-corrected chi connectivity index (χ0v) is 13.5. The molecule has 0 aliphatic carbocycles. The predicted molar refractivity (Wildman–Crippen MR) is 90.9 cm³/mol. The Morgan fingerprint density at radius 3 is 2.43 bits per heavy atom. The Bertz CT molecular complexity index is 581. The lowest BCUT2D eigenvalue weighted by atomic mass is 10.1. The third kappa shape index (κ3) is 6.43. The number of carbonyl (C=O) groups excluding carboxylic acids is 1. The largest absolute Gasteiger partial charge is 0.497 e. The number of nitrogens with one attached hydrogen (secondary N) is 1. The highest BCUT2D eigenvalue weighted by Crippen LogP contribution is 2.11. The van der Waals surface area contributed by atoms with Crippen LogP contribution in [0.2, 0.25) is 0 Å². The van der Waals surface area contributed by atoms with Crippen molar-refractivity contribution in [2.24, 2.45) is 0 Å². The Hall–Kier alpha value is -2.49. The first kappa shape index (κ1) is 16.9. The molecule has 4 heteroatoms. The molecule has 0 saturated carbocycles. The van der Waals surface area contributed by atoms with Crippen molar-refractivity contribution in [3.8, 4) is 11.5 Å². The molecule has 2 rings (SSSR count). The molecule has 1 N–H and O–H groups in total. The van der Waals surface area contributed by atoms with Crippen LogP contribution in [0.5, 0.6) is 11.5 Å². The van der Waals surface area contributed by atoms with Gasteiger partial charge in [0.1, 0.15) is 11.5 Å². The molecular weight excluding hydrogens is 290 g/mol. The summed E-state index contributed by atoms with van der Waals surface area (Å²) in [4.78, 5) is 11.8. The monoisotopic (exact) mass is 313 g/mol. The van der Waals surface area contributed by atoms with E-state index in [9.17, 15) is 4.79 Å². The van der Waals surface area contributed by atoms with Crippen LogP contribution in [0.25, 0.3) is 0 Å². The summed E-state index contributed by atoms with van der Waals surface area (Å²) in [6, 6.07) is 17.5. The highest BCUT2D eigenvalue weighted by molar-refractivity contribution is 5.75. The van der Waals surface area contributed by atoms with Crippen LogP contribution in [0.15, 0.2) is 54.6 Å². The third-order valence-corrected chi connectivity index (χ3v) is 3.46. The normalized spacial score (nSPS) is 10.1. The van der Waals surface area contributed by atoms with Gasteiger partial charge in [-0.15, -0.1) is 0 Å². The average Bonchev–Trinajstić information content (AvgIpc) is 2.60. The number of ether oxygens (including phenoxy) is 2. The van der Waals surface area contributed by atoms with Gasteiger partial charge in [0, 0.05) is 13.0 Å². The molecule has 0 aliphatic heterocycles. The molecule has 23 heavy (non-hydrogen) atoms. The maximum absolute atomic E-state index is 11.8. The van der Waals surface area contributed by atoms with Crippen LogP contribution in [-0.4, -0.2) is 26.2 Å². The Kier molecular flexibility index (Phi) is 6.98. The fraction of sp³-hybridized carbons (Fsp3) is 0.316. The van der Waals surface area contributed by atoms with Crippen LogP contribution < -0.4 is 14.8 Å². The molecular formula is C19H23NO3.